The molecule has 0 N–H and O–H groups in total. The molecule has 14 heavy (non-hydrogen) atoms. The van der Waals surface area contributed by atoms with Crippen molar-refractivity contribution in [2.24, 2.45) is 0 Å². The van der Waals surface area contributed by atoms with Crippen LogP contribution in [0, 0.1) is 12.7 Å². The SMILES string of the molecule is CCCC(=O)Cc1ccc(F)cc1C. The number of benzene rings is 1. The van der Waals surface area contributed by atoms with E-state index in [9.17, 15) is 9.18 Å². The summed E-state index contributed by atoms with van der Waals surface area (Å²) in [7, 11) is 0. The van der Waals surface area contributed by atoms with Gasteiger partial charge in [0, 0.05) is 12.8 Å². The summed E-state index contributed by atoms with van der Waals surface area (Å²) in [5.41, 5.74) is 1.79. The number of rotatable bonds is 4. The van der Waals surface area contributed by atoms with E-state index in [1.54, 1.807) is 6.07 Å². The van der Waals surface area contributed by atoms with Gasteiger partial charge in [-0.2, -0.15) is 0 Å². The molecule has 0 bridgehead atoms. The van der Waals surface area contributed by atoms with Crippen LogP contribution < -0.4 is 0 Å². The van der Waals surface area contributed by atoms with Crippen LogP contribution in [0.2, 0.25) is 0 Å². The Morgan fingerprint density at radius 1 is 1.43 bits per heavy atom. The molecule has 0 atom stereocenters. The van der Waals surface area contributed by atoms with Crippen LogP contribution in [0.5, 0.6) is 0 Å². The van der Waals surface area contributed by atoms with Gasteiger partial charge in [-0.3, -0.25) is 4.79 Å². The number of carbonyl (C=O) groups is 1. The molecule has 0 saturated heterocycles. The van der Waals surface area contributed by atoms with E-state index in [-0.39, 0.29) is 11.6 Å². The molecule has 1 nitrogen and oxygen atoms in total. The van der Waals surface area contributed by atoms with Gasteiger partial charge in [-0.15, -0.1) is 0 Å². The third-order valence-corrected chi connectivity index (χ3v) is 2.22. The molecule has 0 aliphatic rings. The summed E-state index contributed by atoms with van der Waals surface area (Å²) in [4.78, 5) is 11.4. The minimum absolute atomic E-state index is 0.224. The molecular weight excluding hydrogens is 179 g/mol. The molecule has 0 unspecified atom stereocenters. The fourth-order valence-corrected chi connectivity index (χ4v) is 1.44. The predicted molar refractivity (Wildman–Crippen MR) is 54.8 cm³/mol. The van der Waals surface area contributed by atoms with Gasteiger partial charge in [0.2, 0.25) is 0 Å². The first kappa shape index (κ1) is 10.9. The summed E-state index contributed by atoms with van der Waals surface area (Å²) < 4.78 is 12.7. The van der Waals surface area contributed by atoms with E-state index in [0.29, 0.717) is 12.8 Å². The molecule has 2 heteroatoms. The molecule has 1 rings (SSSR count). The van der Waals surface area contributed by atoms with Crippen molar-refractivity contribution < 1.29 is 9.18 Å². The van der Waals surface area contributed by atoms with E-state index >= 15 is 0 Å². The topological polar surface area (TPSA) is 17.1 Å². The van der Waals surface area contributed by atoms with Gasteiger partial charge in [-0.1, -0.05) is 13.0 Å². The maximum Gasteiger partial charge on any atom is 0.137 e. The average Bonchev–Trinajstić information content (AvgIpc) is 2.10. The molecule has 0 aliphatic carbocycles. The normalized spacial score (nSPS) is 10.2. The Kier molecular flexibility index (Phi) is 3.81. The minimum atomic E-state index is -0.241. The van der Waals surface area contributed by atoms with Gasteiger partial charge in [-0.25, -0.2) is 4.39 Å². The zero-order valence-electron chi connectivity index (χ0n) is 8.64. The fraction of sp³-hybridized carbons (Fsp3) is 0.417. The Morgan fingerprint density at radius 3 is 2.71 bits per heavy atom. The van der Waals surface area contributed by atoms with Gasteiger partial charge >= 0.3 is 0 Å². The highest BCUT2D eigenvalue weighted by Crippen LogP contribution is 2.12. The lowest BCUT2D eigenvalue weighted by atomic mass is 10.0. The minimum Gasteiger partial charge on any atom is -0.299 e. The zero-order valence-corrected chi connectivity index (χ0v) is 8.64. The number of carbonyl (C=O) groups excluding carboxylic acids is 1. The van der Waals surface area contributed by atoms with E-state index in [1.807, 2.05) is 13.8 Å². The van der Waals surface area contributed by atoms with Crippen molar-refractivity contribution in [2.45, 2.75) is 33.1 Å². The number of ketones is 1. The zero-order chi connectivity index (χ0) is 10.6. The largest absolute Gasteiger partial charge is 0.299 e. The van der Waals surface area contributed by atoms with Crippen LogP contribution in [0.1, 0.15) is 30.9 Å². The lowest BCUT2D eigenvalue weighted by Crippen LogP contribution is -2.03. The first-order valence-electron chi connectivity index (χ1n) is 4.90. The smallest absolute Gasteiger partial charge is 0.137 e. The van der Waals surface area contributed by atoms with Crippen LogP contribution in [0.4, 0.5) is 4.39 Å². The van der Waals surface area contributed by atoms with Crippen molar-refractivity contribution in [3.8, 4) is 0 Å². The summed E-state index contributed by atoms with van der Waals surface area (Å²) in [5.74, 6) is -0.0172. The summed E-state index contributed by atoms with van der Waals surface area (Å²) in [6.07, 6.45) is 1.91. The Balaban J connectivity index is 2.72. The number of Topliss-reactive ketones (excluding diaryl/α,β-unsaturated/α-hetero) is 1. The molecule has 0 aromatic heterocycles. The molecule has 1 aromatic rings. The second-order valence-corrected chi connectivity index (χ2v) is 3.54. The van der Waals surface area contributed by atoms with E-state index in [0.717, 1.165) is 17.5 Å². The summed E-state index contributed by atoms with van der Waals surface area (Å²) >= 11 is 0. The van der Waals surface area contributed by atoms with Gasteiger partial charge in [0.05, 0.1) is 0 Å². The monoisotopic (exact) mass is 194 g/mol. The Labute approximate surface area is 83.9 Å². The quantitative estimate of drug-likeness (QED) is 0.720. The van der Waals surface area contributed by atoms with Crippen molar-refractivity contribution in [2.75, 3.05) is 0 Å². The van der Waals surface area contributed by atoms with E-state index in [1.165, 1.54) is 12.1 Å². The predicted octanol–water partition coefficient (Wildman–Crippen LogP) is 3.05. The third-order valence-electron chi connectivity index (χ3n) is 2.22. The lowest BCUT2D eigenvalue weighted by molar-refractivity contribution is -0.118. The maximum atomic E-state index is 12.7. The number of aryl methyl sites for hydroxylation is 1. The van der Waals surface area contributed by atoms with Crippen LogP contribution in [-0.2, 0) is 11.2 Å². The van der Waals surface area contributed by atoms with Gasteiger partial charge in [-0.05, 0) is 36.6 Å². The summed E-state index contributed by atoms with van der Waals surface area (Å²) in [6.45, 7) is 3.81. The number of hydrogen-bond donors (Lipinski definition) is 0. The molecule has 0 radical (unpaired) electrons. The second-order valence-electron chi connectivity index (χ2n) is 3.54. The van der Waals surface area contributed by atoms with E-state index < -0.39 is 0 Å². The van der Waals surface area contributed by atoms with Crippen molar-refractivity contribution >= 4 is 5.78 Å². The standard InChI is InChI=1S/C12H15FO/c1-3-4-12(14)8-10-5-6-11(13)7-9(10)2/h5-7H,3-4,8H2,1-2H3. The van der Waals surface area contributed by atoms with Crippen molar-refractivity contribution in [3.05, 3.63) is 35.1 Å². The highest BCUT2D eigenvalue weighted by molar-refractivity contribution is 5.81. The Morgan fingerprint density at radius 2 is 2.14 bits per heavy atom. The van der Waals surface area contributed by atoms with Gasteiger partial charge in [0.15, 0.2) is 0 Å². The van der Waals surface area contributed by atoms with Crippen molar-refractivity contribution in [1.29, 1.82) is 0 Å². The van der Waals surface area contributed by atoms with Gasteiger partial charge < -0.3 is 0 Å². The number of hydrogen-bond acceptors (Lipinski definition) is 1. The molecule has 76 valence electrons. The lowest BCUT2D eigenvalue weighted by Gasteiger charge is -2.04. The van der Waals surface area contributed by atoms with E-state index in [4.69, 9.17) is 0 Å². The first-order chi connectivity index (χ1) is 6.63. The summed E-state index contributed by atoms with van der Waals surface area (Å²) in [6, 6.07) is 4.56. The van der Waals surface area contributed by atoms with Gasteiger partial charge in [0.25, 0.3) is 0 Å². The van der Waals surface area contributed by atoms with Crippen LogP contribution in [-0.4, -0.2) is 5.78 Å². The Hall–Kier alpha value is -1.18. The van der Waals surface area contributed by atoms with Crippen LogP contribution >= 0.6 is 0 Å². The summed E-state index contributed by atoms with van der Waals surface area (Å²) in [5, 5.41) is 0. The average molecular weight is 194 g/mol. The highest BCUT2D eigenvalue weighted by atomic mass is 19.1. The molecule has 0 amide bonds. The first-order valence-corrected chi connectivity index (χ1v) is 4.90. The van der Waals surface area contributed by atoms with Crippen LogP contribution in [0.25, 0.3) is 0 Å². The molecule has 1 aromatic carbocycles. The molecule has 0 aliphatic heterocycles. The molecule has 0 heterocycles. The van der Waals surface area contributed by atoms with Crippen molar-refractivity contribution in [1.82, 2.24) is 0 Å². The Bertz CT molecular complexity index is 331. The molecule has 0 fully saturated rings. The van der Waals surface area contributed by atoms with Crippen molar-refractivity contribution in [3.63, 3.8) is 0 Å². The van der Waals surface area contributed by atoms with E-state index in [2.05, 4.69) is 0 Å². The van der Waals surface area contributed by atoms with Crippen LogP contribution in [0.15, 0.2) is 18.2 Å². The maximum absolute atomic E-state index is 12.7. The third kappa shape index (κ3) is 2.95. The van der Waals surface area contributed by atoms with Gasteiger partial charge in [0.1, 0.15) is 11.6 Å². The molecule has 0 saturated carbocycles. The van der Waals surface area contributed by atoms with Crippen LogP contribution in [0.3, 0.4) is 0 Å². The second kappa shape index (κ2) is 4.89. The molecule has 0 spiro atoms. The number of halogens is 1. The molecular formula is C12H15FO. The fourth-order valence-electron chi connectivity index (χ4n) is 1.44. The highest BCUT2D eigenvalue weighted by Gasteiger charge is 2.05.